The predicted octanol–water partition coefficient (Wildman–Crippen LogP) is 3.50. The van der Waals surface area contributed by atoms with Crippen LogP contribution in [0.25, 0.3) is 0 Å². The Hall–Kier alpha value is -0.930. The Kier molecular flexibility index (Phi) is 4.74. The average Bonchev–Trinajstić information content (AvgIpc) is 2.44. The van der Waals surface area contributed by atoms with Crippen LogP contribution in [0.2, 0.25) is 0 Å². The van der Waals surface area contributed by atoms with Crippen LogP contribution in [0.4, 0.5) is 4.39 Å². The van der Waals surface area contributed by atoms with E-state index in [4.69, 9.17) is 0 Å². The molecule has 2 nitrogen and oxygen atoms in total. The van der Waals surface area contributed by atoms with Gasteiger partial charge in [-0.2, -0.15) is 0 Å². The van der Waals surface area contributed by atoms with Gasteiger partial charge in [-0.1, -0.05) is 51.1 Å². The molecular weight excluding hydrogens is 265 g/mol. The van der Waals surface area contributed by atoms with E-state index < -0.39 is 11.1 Å². The second-order valence-corrected chi connectivity index (χ2v) is 7.43. The summed E-state index contributed by atoms with van der Waals surface area (Å²) in [6, 6.07) is 10.3. The first-order valence-electron chi connectivity index (χ1n) is 7.83. The average molecular weight is 293 g/mol. The van der Waals surface area contributed by atoms with Gasteiger partial charge in [0.15, 0.2) is 0 Å². The number of alkyl halides is 1. The maximum absolute atomic E-state index is 15.2. The molecule has 118 valence electrons. The van der Waals surface area contributed by atoms with E-state index >= 15 is 4.39 Å². The molecule has 0 radical (unpaired) electrons. The van der Waals surface area contributed by atoms with Crippen LogP contribution in [0.1, 0.15) is 33.3 Å². The molecule has 1 saturated heterocycles. The first-order chi connectivity index (χ1) is 9.77. The Labute approximate surface area is 128 Å². The number of hydrogen-bond donors (Lipinski definition) is 1. The van der Waals surface area contributed by atoms with Crippen LogP contribution < -0.4 is 0 Å². The summed E-state index contributed by atoms with van der Waals surface area (Å²) in [5.41, 5.74) is -0.389. The van der Waals surface area contributed by atoms with Gasteiger partial charge in [0.2, 0.25) is 0 Å². The predicted molar refractivity (Wildman–Crippen MR) is 84.8 cm³/mol. The number of halogens is 1. The van der Waals surface area contributed by atoms with Crippen LogP contribution in [0.5, 0.6) is 0 Å². The molecule has 0 saturated carbocycles. The minimum absolute atomic E-state index is 0.0169. The Morgan fingerprint density at radius 2 is 1.90 bits per heavy atom. The van der Waals surface area contributed by atoms with E-state index in [0.717, 1.165) is 13.1 Å². The molecule has 0 amide bonds. The molecule has 1 N–H and O–H groups in total. The lowest BCUT2D eigenvalue weighted by Gasteiger charge is -2.51. The first kappa shape index (κ1) is 16.4. The van der Waals surface area contributed by atoms with E-state index in [1.54, 1.807) is 6.92 Å². The maximum Gasteiger partial charge on any atom is 0.116 e. The molecule has 0 bridgehead atoms. The molecule has 0 aliphatic carbocycles. The van der Waals surface area contributed by atoms with Gasteiger partial charge in [0.25, 0.3) is 0 Å². The highest BCUT2D eigenvalue weighted by Crippen LogP contribution is 2.45. The van der Waals surface area contributed by atoms with Crippen molar-refractivity contribution in [2.75, 3.05) is 19.7 Å². The molecule has 1 aliphatic heterocycles. The van der Waals surface area contributed by atoms with Crippen LogP contribution in [-0.2, 0) is 6.54 Å². The van der Waals surface area contributed by atoms with Crippen LogP contribution in [-0.4, -0.2) is 35.4 Å². The summed E-state index contributed by atoms with van der Waals surface area (Å²) in [6.07, 6.45) is 0. The number of benzene rings is 1. The third kappa shape index (κ3) is 3.46. The number of nitrogens with zero attached hydrogens (tertiary/aromatic N) is 1. The third-order valence-electron chi connectivity index (χ3n) is 5.22. The zero-order valence-electron chi connectivity index (χ0n) is 13.6. The number of piperidine rings is 1. The monoisotopic (exact) mass is 293 g/mol. The summed E-state index contributed by atoms with van der Waals surface area (Å²) in [4.78, 5) is 2.32. The van der Waals surface area contributed by atoms with E-state index in [1.165, 1.54) is 5.56 Å². The highest BCUT2D eigenvalue weighted by atomic mass is 19.1. The van der Waals surface area contributed by atoms with Gasteiger partial charge < -0.3 is 5.11 Å². The fraction of sp³-hybridized carbons (Fsp3) is 0.667. The van der Waals surface area contributed by atoms with Gasteiger partial charge in [0.1, 0.15) is 5.67 Å². The molecule has 1 aromatic carbocycles. The summed E-state index contributed by atoms with van der Waals surface area (Å²) < 4.78 is 15.2. The summed E-state index contributed by atoms with van der Waals surface area (Å²) in [7, 11) is 0. The molecule has 3 heteroatoms. The second-order valence-electron chi connectivity index (χ2n) is 7.43. The molecule has 2 rings (SSSR count). The summed E-state index contributed by atoms with van der Waals surface area (Å²) >= 11 is 0. The second kappa shape index (κ2) is 6.05. The van der Waals surface area contributed by atoms with Crippen molar-refractivity contribution in [3.8, 4) is 0 Å². The van der Waals surface area contributed by atoms with Crippen LogP contribution in [0.15, 0.2) is 30.3 Å². The Balaban J connectivity index is 2.17. The molecular formula is C18H28FNO. The van der Waals surface area contributed by atoms with E-state index in [9.17, 15) is 5.11 Å². The highest BCUT2D eigenvalue weighted by Gasteiger charge is 2.50. The van der Waals surface area contributed by atoms with Crippen molar-refractivity contribution in [1.82, 2.24) is 4.90 Å². The number of aliphatic hydroxyl groups is 1. The van der Waals surface area contributed by atoms with Gasteiger partial charge in [-0.25, -0.2) is 4.39 Å². The van der Waals surface area contributed by atoms with Gasteiger partial charge in [0.05, 0.1) is 0 Å². The molecule has 1 fully saturated rings. The van der Waals surface area contributed by atoms with E-state index in [0.29, 0.717) is 6.54 Å². The minimum atomic E-state index is -1.24. The number of likely N-dealkylation sites (tertiary alicyclic amines) is 1. The molecule has 1 aromatic rings. The van der Waals surface area contributed by atoms with Crippen molar-refractivity contribution in [2.45, 2.75) is 39.9 Å². The maximum atomic E-state index is 15.2. The van der Waals surface area contributed by atoms with Gasteiger partial charge in [0, 0.05) is 38.1 Å². The summed E-state index contributed by atoms with van der Waals surface area (Å²) in [5, 5.41) is 9.66. The van der Waals surface area contributed by atoms with Crippen LogP contribution in [0.3, 0.4) is 0 Å². The normalized spacial score (nSPS) is 31.3. The van der Waals surface area contributed by atoms with Crippen LogP contribution >= 0.6 is 0 Å². The zero-order valence-corrected chi connectivity index (χ0v) is 13.6. The Morgan fingerprint density at radius 3 is 2.48 bits per heavy atom. The van der Waals surface area contributed by atoms with Gasteiger partial charge in [-0.3, -0.25) is 4.90 Å². The fourth-order valence-corrected chi connectivity index (χ4v) is 3.51. The van der Waals surface area contributed by atoms with Crippen molar-refractivity contribution in [2.24, 2.45) is 17.3 Å². The Bertz CT molecular complexity index is 458. The number of rotatable bonds is 4. The van der Waals surface area contributed by atoms with Crippen molar-refractivity contribution >= 4 is 0 Å². The lowest BCUT2D eigenvalue weighted by Crippen LogP contribution is -2.58. The highest BCUT2D eigenvalue weighted by molar-refractivity contribution is 5.15. The topological polar surface area (TPSA) is 23.5 Å². The van der Waals surface area contributed by atoms with Crippen molar-refractivity contribution in [3.63, 3.8) is 0 Å². The van der Waals surface area contributed by atoms with Gasteiger partial charge in [-0.05, 0) is 17.9 Å². The number of hydrogen-bond acceptors (Lipinski definition) is 2. The third-order valence-corrected chi connectivity index (χ3v) is 5.22. The smallest absolute Gasteiger partial charge is 0.116 e. The van der Waals surface area contributed by atoms with E-state index in [-0.39, 0.29) is 18.4 Å². The molecule has 1 aliphatic rings. The summed E-state index contributed by atoms with van der Waals surface area (Å²) in [5.74, 6) is -0.201. The first-order valence-corrected chi connectivity index (χ1v) is 7.83. The summed E-state index contributed by atoms with van der Waals surface area (Å²) in [6.45, 7) is 9.95. The molecule has 1 heterocycles. The van der Waals surface area contributed by atoms with Crippen molar-refractivity contribution < 1.29 is 9.50 Å². The lowest BCUT2D eigenvalue weighted by molar-refractivity contribution is -0.0989. The molecule has 3 atom stereocenters. The molecule has 3 unspecified atom stereocenters. The largest absolute Gasteiger partial charge is 0.396 e. The molecule has 0 aromatic heterocycles. The van der Waals surface area contributed by atoms with Gasteiger partial charge in [-0.15, -0.1) is 0 Å². The standard InChI is InChI=1S/C18H28FNO/c1-14-10-20(11-15-8-6-5-7-9-15)12-16(18(14,4)19)17(2,3)13-21/h5-9,14,16,21H,10-13H2,1-4H3. The van der Waals surface area contributed by atoms with Crippen LogP contribution in [0, 0.1) is 17.3 Å². The van der Waals surface area contributed by atoms with E-state index in [1.807, 2.05) is 39.0 Å². The fourth-order valence-electron chi connectivity index (χ4n) is 3.51. The van der Waals surface area contributed by atoms with E-state index in [2.05, 4.69) is 17.0 Å². The Morgan fingerprint density at radius 1 is 1.29 bits per heavy atom. The van der Waals surface area contributed by atoms with Gasteiger partial charge >= 0.3 is 0 Å². The zero-order chi connectivity index (χ0) is 15.7. The minimum Gasteiger partial charge on any atom is -0.396 e. The SMILES string of the molecule is CC1CN(Cc2ccccc2)CC(C(C)(C)CO)C1(C)F. The van der Waals surface area contributed by atoms with Crippen molar-refractivity contribution in [3.05, 3.63) is 35.9 Å². The number of aliphatic hydroxyl groups excluding tert-OH is 1. The molecule has 0 spiro atoms. The van der Waals surface area contributed by atoms with Crippen molar-refractivity contribution in [1.29, 1.82) is 0 Å². The molecule has 21 heavy (non-hydrogen) atoms. The quantitative estimate of drug-likeness (QED) is 0.918. The lowest BCUT2D eigenvalue weighted by atomic mass is 9.65.